The lowest BCUT2D eigenvalue weighted by Crippen LogP contribution is -2.62. The van der Waals surface area contributed by atoms with E-state index >= 15 is 0 Å². The molecule has 4 rings (SSSR count). The van der Waals surface area contributed by atoms with Crippen LogP contribution in [0.5, 0.6) is 5.75 Å². The lowest BCUT2D eigenvalue weighted by molar-refractivity contribution is -0.143. The van der Waals surface area contributed by atoms with E-state index in [1.807, 2.05) is 58.9 Å². The maximum Gasteiger partial charge on any atom is 0.244 e. The normalized spacial score (nSPS) is 30.2. The number of nitrogens with one attached hydrogen (secondary N) is 2. The van der Waals surface area contributed by atoms with Gasteiger partial charge in [0.05, 0.1) is 35.8 Å². The minimum Gasteiger partial charge on any atom is -0.494 e. The van der Waals surface area contributed by atoms with Crippen molar-refractivity contribution in [3.8, 4) is 5.75 Å². The standard InChI is InChI=1S/C33H51N3O5S/c1-10-19(3)23(17-37)36-27(29(39)35-32(8,9)18-31(5,6)7)33-20(4)16-24(42-33)25(26(33)30(36)40)28(38)34-21-12-14-22(15-13-21)41-11-2/h12-15,19-20,23-27,37H,10-11,16-18H2,1-9H3,(H,34,38)(H,35,39)/t19-,20?,23-,24+,25-,26-,27?,33?/m0/s1. The molecule has 3 fully saturated rings. The van der Waals surface area contributed by atoms with Crippen molar-refractivity contribution in [2.45, 2.75) is 109 Å². The van der Waals surface area contributed by atoms with E-state index in [0.717, 1.165) is 25.0 Å². The zero-order chi connectivity index (χ0) is 31.2. The van der Waals surface area contributed by atoms with Gasteiger partial charge >= 0.3 is 0 Å². The maximum atomic E-state index is 14.6. The molecule has 234 valence electrons. The van der Waals surface area contributed by atoms with Crippen molar-refractivity contribution in [3.63, 3.8) is 0 Å². The first kappa shape index (κ1) is 32.6. The molecule has 0 radical (unpaired) electrons. The highest BCUT2D eigenvalue weighted by molar-refractivity contribution is 8.02. The first-order valence-corrected chi connectivity index (χ1v) is 16.4. The fourth-order valence-electron chi connectivity index (χ4n) is 8.03. The number of hydrogen-bond acceptors (Lipinski definition) is 6. The Bertz CT molecular complexity index is 1170. The molecule has 3 aliphatic rings. The Labute approximate surface area is 256 Å². The average Bonchev–Trinajstić information content (AvgIpc) is 3.48. The minimum atomic E-state index is -0.770. The molecule has 1 spiro atoms. The van der Waals surface area contributed by atoms with Crippen molar-refractivity contribution < 1.29 is 24.2 Å². The summed E-state index contributed by atoms with van der Waals surface area (Å²) in [7, 11) is 0. The Balaban J connectivity index is 1.72. The fourth-order valence-corrected chi connectivity index (χ4v) is 10.4. The third kappa shape index (κ3) is 5.92. The molecule has 3 N–H and O–H groups in total. The molecule has 9 heteroatoms. The molecule has 42 heavy (non-hydrogen) atoms. The fraction of sp³-hybridized carbons (Fsp3) is 0.727. The molecule has 3 unspecified atom stereocenters. The van der Waals surface area contributed by atoms with Gasteiger partial charge in [-0.15, -0.1) is 11.8 Å². The second-order valence-electron chi connectivity index (χ2n) is 14.5. The van der Waals surface area contributed by atoms with Gasteiger partial charge in [-0.3, -0.25) is 14.4 Å². The monoisotopic (exact) mass is 601 g/mol. The summed E-state index contributed by atoms with van der Waals surface area (Å²) in [6.45, 7) is 18.9. The number of amides is 3. The van der Waals surface area contributed by atoms with E-state index in [0.29, 0.717) is 12.3 Å². The van der Waals surface area contributed by atoms with Gasteiger partial charge in [0.15, 0.2) is 0 Å². The van der Waals surface area contributed by atoms with E-state index in [9.17, 15) is 19.5 Å². The Kier molecular flexibility index (Phi) is 9.35. The van der Waals surface area contributed by atoms with Gasteiger partial charge in [-0.25, -0.2) is 0 Å². The molecule has 3 aliphatic heterocycles. The molecule has 0 aliphatic carbocycles. The van der Waals surface area contributed by atoms with Crippen molar-refractivity contribution in [3.05, 3.63) is 24.3 Å². The zero-order valence-electron chi connectivity index (χ0n) is 26.8. The summed E-state index contributed by atoms with van der Waals surface area (Å²) in [5.41, 5.74) is 0.135. The van der Waals surface area contributed by atoms with E-state index < -0.39 is 34.2 Å². The van der Waals surface area contributed by atoms with Crippen LogP contribution in [-0.4, -0.2) is 68.6 Å². The number of aliphatic hydroxyl groups excluding tert-OH is 1. The molecule has 1 aromatic rings. The molecule has 0 saturated carbocycles. The highest BCUT2D eigenvalue weighted by Crippen LogP contribution is 2.69. The quantitative estimate of drug-likeness (QED) is 0.326. The largest absolute Gasteiger partial charge is 0.494 e. The number of thioether (sulfide) groups is 1. The number of nitrogens with zero attached hydrogens (tertiary/aromatic N) is 1. The Morgan fingerprint density at radius 1 is 1.14 bits per heavy atom. The summed E-state index contributed by atoms with van der Waals surface area (Å²) in [5, 5.41) is 16.9. The van der Waals surface area contributed by atoms with Gasteiger partial charge in [-0.1, -0.05) is 48.0 Å². The van der Waals surface area contributed by atoms with Crippen LogP contribution in [-0.2, 0) is 14.4 Å². The topological polar surface area (TPSA) is 108 Å². The van der Waals surface area contributed by atoms with Gasteiger partial charge < -0.3 is 25.4 Å². The summed E-state index contributed by atoms with van der Waals surface area (Å²) < 4.78 is 4.79. The smallest absolute Gasteiger partial charge is 0.244 e. The van der Waals surface area contributed by atoms with Crippen LogP contribution in [0.1, 0.15) is 81.6 Å². The summed E-state index contributed by atoms with van der Waals surface area (Å²) in [6, 6.07) is 5.97. The van der Waals surface area contributed by atoms with Crippen LogP contribution in [0.15, 0.2) is 24.3 Å². The van der Waals surface area contributed by atoms with Crippen LogP contribution in [0.25, 0.3) is 0 Å². The van der Waals surface area contributed by atoms with Gasteiger partial charge in [0.25, 0.3) is 0 Å². The Hall–Kier alpha value is -2.26. The van der Waals surface area contributed by atoms with Crippen LogP contribution < -0.4 is 15.4 Å². The molecule has 8 atom stereocenters. The number of hydrogen-bond donors (Lipinski definition) is 3. The highest BCUT2D eigenvalue weighted by atomic mass is 32.2. The second kappa shape index (κ2) is 12.0. The van der Waals surface area contributed by atoms with Crippen LogP contribution in [0.3, 0.4) is 0 Å². The van der Waals surface area contributed by atoms with E-state index in [2.05, 4.69) is 38.3 Å². The molecule has 3 saturated heterocycles. The predicted octanol–water partition coefficient (Wildman–Crippen LogP) is 5.10. The van der Waals surface area contributed by atoms with Crippen molar-refractivity contribution in [2.24, 2.45) is 29.1 Å². The number of carbonyl (C=O) groups is 3. The number of carbonyl (C=O) groups excluding carboxylic acids is 3. The van der Waals surface area contributed by atoms with Crippen molar-refractivity contribution in [1.29, 1.82) is 0 Å². The van der Waals surface area contributed by atoms with Crippen LogP contribution in [0, 0.1) is 29.1 Å². The number of fused-ring (bicyclic) bond motifs is 1. The van der Waals surface area contributed by atoms with Gasteiger partial charge in [-0.05, 0) is 75.1 Å². The highest BCUT2D eigenvalue weighted by Gasteiger charge is 2.76. The third-order valence-electron chi connectivity index (χ3n) is 9.45. The zero-order valence-corrected chi connectivity index (χ0v) is 27.6. The lowest BCUT2D eigenvalue weighted by Gasteiger charge is -2.43. The second-order valence-corrected chi connectivity index (χ2v) is 16.0. The van der Waals surface area contributed by atoms with E-state index in [4.69, 9.17) is 4.74 Å². The molecular formula is C33H51N3O5S. The van der Waals surface area contributed by atoms with E-state index in [-0.39, 0.29) is 46.8 Å². The number of aliphatic hydroxyl groups is 1. The van der Waals surface area contributed by atoms with E-state index in [1.165, 1.54) is 0 Å². The molecule has 3 heterocycles. The number of benzene rings is 1. The lowest BCUT2D eigenvalue weighted by atomic mass is 9.65. The SMILES string of the molecule is CCOc1ccc(NC(=O)[C@@H]2[C@H]3C(=O)N([C@@H](CO)[C@@H](C)CC)C(C(=O)NC(C)(C)CC(C)(C)C)C34S[C@@H]2CC4C)cc1. The Morgan fingerprint density at radius 2 is 1.79 bits per heavy atom. The number of anilines is 1. The van der Waals surface area contributed by atoms with Crippen molar-refractivity contribution in [2.75, 3.05) is 18.5 Å². The number of rotatable bonds is 11. The van der Waals surface area contributed by atoms with Gasteiger partial charge in [0.1, 0.15) is 11.8 Å². The average molecular weight is 602 g/mol. The van der Waals surface area contributed by atoms with Gasteiger partial charge in [-0.2, -0.15) is 0 Å². The summed E-state index contributed by atoms with van der Waals surface area (Å²) >= 11 is 1.66. The van der Waals surface area contributed by atoms with E-state index in [1.54, 1.807) is 16.7 Å². The summed E-state index contributed by atoms with van der Waals surface area (Å²) in [6.07, 6.45) is 2.27. The summed E-state index contributed by atoms with van der Waals surface area (Å²) in [5.74, 6) is -1.00. The molecule has 2 bridgehead atoms. The molecule has 1 aromatic carbocycles. The van der Waals surface area contributed by atoms with Gasteiger partial charge in [0.2, 0.25) is 17.7 Å². The molecule has 0 aromatic heterocycles. The third-order valence-corrected chi connectivity index (χ3v) is 11.5. The predicted molar refractivity (Wildman–Crippen MR) is 168 cm³/mol. The molecular weight excluding hydrogens is 550 g/mol. The number of likely N-dealkylation sites (tertiary alicyclic amines) is 1. The van der Waals surface area contributed by atoms with Crippen LogP contribution >= 0.6 is 11.8 Å². The van der Waals surface area contributed by atoms with Crippen LogP contribution in [0.2, 0.25) is 0 Å². The first-order valence-electron chi connectivity index (χ1n) is 15.6. The van der Waals surface area contributed by atoms with Gasteiger partial charge in [0, 0.05) is 16.5 Å². The van der Waals surface area contributed by atoms with Crippen molar-refractivity contribution >= 4 is 35.2 Å². The molecule has 3 amide bonds. The maximum absolute atomic E-state index is 14.6. The Morgan fingerprint density at radius 3 is 2.33 bits per heavy atom. The first-order chi connectivity index (χ1) is 19.6. The summed E-state index contributed by atoms with van der Waals surface area (Å²) in [4.78, 5) is 44.6. The minimum absolute atomic E-state index is 0.00888. The molecule has 8 nitrogen and oxygen atoms in total. The van der Waals surface area contributed by atoms with Crippen LogP contribution in [0.4, 0.5) is 5.69 Å². The van der Waals surface area contributed by atoms with Crippen molar-refractivity contribution in [1.82, 2.24) is 10.2 Å². The number of ether oxygens (including phenoxy) is 1.